The van der Waals surface area contributed by atoms with Gasteiger partial charge in [0.25, 0.3) is 5.91 Å². The van der Waals surface area contributed by atoms with Crippen LogP contribution in [0.25, 0.3) is 11.0 Å². The van der Waals surface area contributed by atoms with E-state index in [9.17, 15) is 4.79 Å². The van der Waals surface area contributed by atoms with Crippen molar-refractivity contribution in [1.29, 1.82) is 5.26 Å². The van der Waals surface area contributed by atoms with E-state index in [1.165, 1.54) is 0 Å². The molecule has 14 heavy (non-hydrogen) atoms. The van der Waals surface area contributed by atoms with Gasteiger partial charge >= 0.3 is 0 Å². The second kappa shape index (κ2) is 3.14. The Morgan fingerprint density at radius 3 is 3.00 bits per heavy atom. The molecule has 6 nitrogen and oxygen atoms in total. The standard InChI is InChI=1S/C8H5N5O/c9-4-10-8(14)5-1-2-6-7(3-5)12-13-11-6/h1-3H,(H,10,14)(H,11,12,13). The van der Waals surface area contributed by atoms with Crippen LogP contribution in [0.3, 0.4) is 0 Å². The van der Waals surface area contributed by atoms with Crippen molar-refractivity contribution in [3.63, 3.8) is 0 Å². The predicted octanol–water partition coefficient (Wildman–Crippen LogP) is 0.169. The van der Waals surface area contributed by atoms with Crippen molar-refractivity contribution in [3.8, 4) is 6.19 Å². The van der Waals surface area contributed by atoms with E-state index in [1.54, 1.807) is 24.4 Å². The van der Waals surface area contributed by atoms with Gasteiger partial charge in [0.2, 0.25) is 0 Å². The van der Waals surface area contributed by atoms with Gasteiger partial charge in [-0.3, -0.25) is 10.1 Å². The number of nitrogens with zero attached hydrogens (tertiary/aromatic N) is 3. The number of hydrogen-bond acceptors (Lipinski definition) is 4. The van der Waals surface area contributed by atoms with Crippen molar-refractivity contribution in [2.24, 2.45) is 0 Å². The van der Waals surface area contributed by atoms with Crippen molar-refractivity contribution in [3.05, 3.63) is 23.8 Å². The third kappa shape index (κ3) is 1.27. The number of H-pyrrole nitrogens is 1. The largest absolute Gasteiger partial charge is 0.268 e. The van der Waals surface area contributed by atoms with Gasteiger partial charge < -0.3 is 0 Å². The van der Waals surface area contributed by atoms with Crippen LogP contribution in [0.15, 0.2) is 18.2 Å². The fraction of sp³-hybridized carbons (Fsp3) is 0. The first-order valence-corrected chi connectivity index (χ1v) is 3.81. The van der Waals surface area contributed by atoms with E-state index in [4.69, 9.17) is 5.26 Å². The molecule has 0 aliphatic heterocycles. The van der Waals surface area contributed by atoms with E-state index in [0.29, 0.717) is 16.6 Å². The number of amides is 1. The summed E-state index contributed by atoms with van der Waals surface area (Å²) in [5, 5.41) is 20.4. The van der Waals surface area contributed by atoms with Crippen LogP contribution in [-0.2, 0) is 0 Å². The molecule has 0 saturated carbocycles. The van der Waals surface area contributed by atoms with Crippen LogP contribution in [-0.4, -0.2) is 21.3 Å². The summed E-state index contributed by atoms with van der Waals surface area (Å²) in [6, 6.07) is 4.80. The first-order valence-electron chi connectivity index (χ1n) is 3.81. The Balaban J connectivity index is 2.44. The number of aromatic amines is 1. The van der Waals surface area contributed by atoms with Gasteiger partial charge in [0.05, 0.1) is 0 Å². The molecule has 2 aromatic rings. The summed E-state index contributed by atoms with van der Waals surface area (Å²) in [6.07, 6.45) is 1.56. The molecule has 0 aliphatic carbocycles. The Morgan fingerprint density at radius 2 is 2.21 bits per heavy atom. The number of carbonyl (C=O) groups is 1. The van der Waals surface area contributed by atoms with Crippen LogP contribution in [0.1, 0.15) is 10.4 Å². The molecule has 1 heterocycles. The lowest BCUT2D eigenvalue weighted by Crippen LogP contribution is -2.16. The average Bonchev–Trinajstić information content (AvgIpc) is 2.64. The van der Waals surface area contributed by atoms with E-state index in [0.717, 1.165) is 0 Å². The molecule has 6 heteroatoms. The molecule has 0 atom stereocenters. The van der Waals surface area contributed by atoms with Crippen LogP contribution in [0.2, 0.25) is 0 Å². The minimum Gasteiger partial charge on any atom is -0.268 e. The number of fused-ring (bicyclic) bond motifs is 1. The highest BCUT2D eigenvalue weighted by molar-refractivity contribution is 5.97. The smallest absolute Gasteiger partial charge is 0.264 e. The summed E-state index contributed by atoms with van der Waals surface area (Å²) in [5.74, 6) is -0.447. The highest BCUT2D eigenvalue weighted by Gasteiger charge is 2.06. The van der Waals surface area contributed by atoms with E-state index < -0.39 is 5.91 Å². The number of hydrogen-bond donors (Lipinski definition) is 2. The van der Waals surface area contributed by atoms with Gasteiger partial charge in [0.1, 0.15) is 11.0 Å². The molecule has 2 rings (SSSR count). The number of carbonyl (C=O) groups excluding carboxylic acids is 1. The number of aromatic nitrogens is 3. The molecule has 0 saturated heterocycles. The Kier molecular flexibility index (Phi) is 1.84. The normalized spacial score (nSPS) is 9.64. The maximum atomic E-state index is 11.2. The SMILES string of the molecule is N#CNC(=O)c1ccc2n[nH]nc2c1. The highest BCUT2D eigenvalue weighted by Crippen LogP contribution is 2.09. The van der Waals surface area contributed by atoms with Gasteiger partial charge in [0.15, 0.2) is 6.19 Å². The Hall–Kier alpha value is -2.42. The van der Waals surface area contributed by atoms with Gasteiger partial charge in [-0.05, 0) is 18.2 Å². The first kappa shape index (κ1) is 8.19. The van der Waals surface area contributed by atoms with Gasteiger partial charge in [-0.15, -0.1) is 0 Å². The molecule has 2 N–H and O–H groups in total. The molecule has 0 aliphatic rings. The van der Waals surface area contributed by atoms with Crippen molar-refractivity contribution >= 4 is 16.9 Å². The Morgan fingerprint density at radius 1 is 1.43 bits per heavy atom. The number of nitrogens with one attached hydrogen (secondary N) is 2. The Bertz CT molecular complexity index is 524. The molecular weight excluding hydrogens is 182 g/mol. The quantitative estimate of drug-likeness (QED) is 0.491. The monoisotopic (exact) mass is 187 g/mol. The molecule has 1 amide bonds. The van der Waals surface area contributed by atoms with Crippen molar-refractivity contribution in [2.45, 2.75) is 0 Å². The first-order chi connectivity index (χ1) is 6.81. The maximum absolute atomic E-state index is 11.2. The summed E-state index contributed by atoms with van der Waals surface area (Å²) < 4.78 is 0. The Labute approximate surface area is 78.5 Å². The molecular formula is C8H5N5O. The van der Waals surface area contributed by atoms with Gasteiger partial charge in [-0.2, -0.15) is 20.7 Å². The molecule has 1 aromatic carbocycles. The lowest BCUT2D eigenvalue weighted by Gasteiger charge is -1.95. The van der Waals surface area contributed by atoms with Crippen molar-refractivity contribution in [2.75, 3.05) is 0 Å². The van der Waals surface area contributed by atoms with Crippen LogP contribution in [0.5, 0.6) is 0 Å². The number of benzene rings is 1. The van der Waals surface area contributed by atoms with Crippen LogP contribution in [0, 0.1) is 11.5 Å². The zero-order valence-corrected chi connectivity index (χ0v) is 6.98. The number of rotatable bonds is 1. The molecule has 0 bridgehead atoms. The zero-order valence-electron chi connectivity index (χ0n) is 6.98. The van der Waals surface area contributed by atoms with Crippen LogP contribution in [0.4, 0.5) is 0 Å². The number of nitriles is 1. The van der Waals surface area contributed by atoms with E-state index in [-0.39, 0.29) is 0 Å². The van der Waals surface area contributed by atoms with E-state index in [2.05, 4.69) is 15.4 Å². The summed E-state index contributed by atoms with van der Waals surface area (Å²) >= 11 is 0. The second-order valence-electron chi connectivity index (χ2n) is 2.59. The summed E-state index contributed by atoms with van der Waals surface area (Å²) in [6.45, 7) is 0. The van der Waals surface area contributed by atoms with E-state index in [1.807, 2.05) is 5.32 Å². The van der Waals surface area contributed by atoms with E-state index >= 15 is 0 Å². The molecule has 68 valence electrons. The fourth-order valence-corrected chi connectivity index (χ4v) is 1.10. The molecule has 0 radical (unpaired) electrons. The third-order valence-electron chi connectivity index (χ3n) is 1.75. The average molecular weight is 187 g/mol. The van der Waals surface area contributed by atoms with Gasteiger partial charge in [-0.25, -0.2) is 0 Å². The van der Waals surface area contributed by atoms with Gasteiger partial charge in [0, 0.05) is 5.56 Å². The lowest BCUT2D eigenvalue weighted by atomic mass is 10.2. The zero-order chi connectivity index (χ0) is 9.97. The summed E-state index contributed by atoms with van der Waals surface area (Å²) in [4.78, 5) is 11.2. The molecule has 0 unspecified atom stereocenters. The summed E-state index contributed by atoms with van der Waals surface area (Å²) in [5.41, 5.74) is 1.65. The predicted molar refractivity (Wildman–Crippen MR) is 47.0 cm³/mol. The topological polar surface area (TPSA) is 94.5 Å². The minimum atomic E-state index is -0.447. The van der Waals surface area contributed by atoms with Gasteiger partial charge in [-0.1, -0.05) is 0 Å². The fourth-order valence-electron chi connectivity index (χ4n) is 1.10. The molecule has 0 fully saturated rings. The highest BCUT2D eigenvalue weighted by atomic mass is 16.1. The third-order valence-corrected chi connectivity index (χ3v) is 1.75. The lowest BCUT2D eigenvalue weighted by molar-refractivity contribution is 0.0973. The van der Waals surface area contributed by atoms with Crippen LogP contribution < -0.4 is 5.32 Å². The second-order valence-corrected chi connectivity index (χ2v) is 2.59. The minimum absolute atomic E-state index is 0.382. The summed E-state index contributed by atoms with van der Waals surface area (Å²) in [7, 11) is 0. The van der Waals surface area contributed by atoms with Crippen LogP contribution >= 0.6 is 0 Å². The van der Waals surface area contributed by atoms with Crippen molar-refractivity contribution in [1.82, 2.24) is 20.7 Å². The molecule has 0 spiro atoms. The van der Waals surface area contributed by atoms with Crippen molar-refractivity contribution < 1.29 is 4.79 Å². The maximum Gasteiger partial charge on any atom is 0.264 e. The molecule has 1 aromatic heterocycles.